The lowest BCUT2D eigenvalue weighted by Crippen LogP contribution is -2.44. The van der Waals surface area contributed by atoms with Crippen LogP contribution >= 0.6 is 0 Å². The average molecular weight is 443 g/mol. The molecule has 3 aromatic rings. The smallest absolute Gasteiger partial charge is 0.169 e. The van der Waals surface area contributed by atoms with Crippen LogP contribution in [0.4, 0.5) is 0 Å². The molecule has 3 aliphatic rings. The van der Waals surface area contributed by atoms with Gasteiger partial charge < -0.3 is 25.5 Å². The van der Waals surface area contributed by atoms with Crippen LogP contribution in [0.5, 0.6) is 28.7 Å². The van der Waals surface area contributed by atoms with Gasteiger partial charge in [0.05, 0.1) is 5.39 Å². The van der Waals surface area contributed by atoms with Crippen LogP contribution in [0.1, 0.15) is 61.3 Å². The Morgan fingerprint density at radius 2 is 1.70 bits per heavy atom. The third-order valence-corrected chi connectivity index (χ3v) is 8.47. The van der Waals surface area contributed by atoms with Gasteiger partial charge in [-0.1, -0.05) is 43.7 Å². The Labute approximate surface area is 191 Å². The quantitative estimate of drug-likeness (QED) is 0.306. The lowest BCUT2D eigenvalue weighted by molar-refractivity contribution is 0.207. The molecule has 0 saturated heterocycles. The monoisotopic (exact) mass is 442 g/mol. The summed E-state index contributed by atoms with van der Waals surface area (Å²) in [5.74, 6) is -0.939. The highest BCUT2D eigenvalue weighted by Gasteiger charge is 2.57. The lowest BCUT2D eigenvalue weighted by atomic mass is 9.52. The molecule has 0 heterocycles. The van der Waals surface area contributed by atoms with Crippen LogP contribution in [-0.4, -0.2) is 25.5 Å². The van der Waals surface area contributed by atoms with Gasteiger partial charge in [0.15, 0.2) is 23.0 Å². The van der Waals surface area contributed by atoms with Crippen LogP contribution in [0.3, 0.4) is 0 Å². The van der Waals surface area contributed by atoms with Gasteiger partial charge in [-0.2, -0.15) is 0 Å². The van der Waals surface area contributed by atoms with Gasteiger partial charge in [-0.15, -0.1) is 0 Å². The Hall–Kier alpha value is -3.60. The van der Waals surface area contributed by atoms with Crippen molar-refractivity contribution in [1.29, 1.82) is 0 Å². The van der Waals surface area contributed by atoms with E-state index in [2.05, 4.69) is 13.0 Å². The maximum Gasteiger partial charge on any atom is 0.169 e. The summed E-state index contributed by atoms with van der Waals surface area (Å²) in [6, 6.07) is 8.25. The van der Waals surface area contributed by atoms with Crippen LogP contribution in [0.2, 0.25) is 0 Å². The van der Waals surface area contributed by atoms with Crippen molar-refractivity contribution in [2.75, 3.05) is 0 Å². The second-order valence-corrected chi connectivity index (χ2v) is 9.74. The molecule has 2 atom stereocenters. The van der Waals surface area contributed by atoms with E-state index in [9.17, 15) is 25.5 Å². The minimum absolute atomic E-state index is 0.0609. The Morgan fingerprint density at radius 1 is 0.909 bits per heavy atom. The highest BCUT2D eigenvalue weighted by molar-refractivity contribution is 6.05. The van der Waals surface area contributed by atoms with Crippen LogP contribution in [0.25, 0.3) is 28.5 Å². The molecule has 5 N–H and O–H groups in total. The molecule has 5 nitrogen and oxygen atoms in total. The molecule has 5 heteroatoms. The second kappa shape index (κ2) is 6.47. The summed E-state index contributed by atoms with van der Waals surface area (Å²) < 4.78 is 0. The van der Waals surface area contributed by atoms with Crippen molar-refractivity contribution in [3.8, 4) is 28.7 Å². The van der Waals surface area contributed by atoms with E-state index < -0.39 is 0 Å². The predicted molar refractivity (Wildman–Crippen MR) is 128 cm³/mol. The molecular weight excluding hydrogens is 416 g/mol. The van der Waals surface area contributed by atoms with Crippen LogP contribution in [-0.2, 0) is 5.41 Å². The van der Waals surface area contributed by atoms with E-state index >= 15 is 0 Å². The molecular formula is C28H26O5. The molecule has 33 heavy (non-hydrogen) atoms. The number of hydrogen-bond donors (Lipinski definition) is 5. The van der Waals surface area contributed by atoms with Crippen molar-refractivity contribution in [1.82, 2.24) is 0 Å². The minimum Gasteiger partial charge on any atom is -0.507 e. The largest absolute Gasteiger partial charge is 0.507 e. The van der Waals surface area contributed by atoms with E-state index in [1.165, 1.54) is 6.07 Å². The first-order valence-electron chi connectivity index (χ1n) is 11.5. The van der Waals surface area contributed by atoms with Crippen molar-refractivity contribution in [2.24, 2.45) is 5.41 Å². The van der Waals surface area contributed by atoms with Crippen LogP contribution in [0.15, 0.2) is 36.4 Å². The van der Waals surface area contributed by atoms with Crippen LogP contribution < -0.4 is 0 Å². The van der Waals surface area contributed by atoms with Gasteiger partial charge in [0.1, 0.15) is 5.75 Å². The Bertz CT molecular complexity index is 1420. The first-order valence-corrected chi connectivity index (χ1v) is 11.5. The SMILES string of the molecule is CC[C@@]12C=Cc3c(O)c(O)cc4c3[C@@]1(CCC2)CC(c1cc(O)c(O)c2c(O)cccc12)=C4. The number of fused-ring (bicyclic) bond motifs is 1. The van der Waals surface area contributed by atoms with Gasteiger partial charge in [0.2, 0.25) is 0 Å². The van der Waals surface area contributed by atoms with Gasteiger partial charge >= 0.3 is 0 Å². The highest BCUT2D eigenvalue weighted by atomic mass is 16.3. The van der Waals surface area contributed by atoms with Crippen molar-refractivity contribution < 1.29 is 25.5 Å². The van der Waals surface area contributed by atoms with Crippen molar-refractivity contribution in [3.63, 3.8) is 0 Å². The maximum atomic E-state index is 10.7. The number of hydrogen-bond acceptors (Lipinski definition) is 5. The number of aromatic hydroxyl groups is 5. The van der Waals surface area contributed by atoms with Crippen molar-refractivity contribution in [3.05, 3.63) is 58.7 Å². The highest BCUT2D eigenvalue weighted by Crippen LogP contribution is 2.67. The summed E-state index contributed by atoms with van der Waals surface area (Å²) in [7, 11) is 0. The molecule has 1 spiro atoms. The van der Waals surface area contributed by atoms with Crippen molar-refractivity contribution in [2.45, 2.75) is 44.4 Å². The zero-order valence-corrected chi connectivity index (χ0v) is 18.4. The van der Waals surface area contributed by atoms with Gasteiger partial charge in [0, 0.05) is 11.0 Å². The number of benzene rings is 3. The third-order valence-electron chi connectivity index (χ3n) is 8.47. The molecule has 6 rings (SSSR count). The molecule has 0 aromatic heterocycles. The fourth-order valence-corrected chi connectivity index (χ4v) is 6.98. The fraction of sp³-hybridized carbons (Fsp3) is 0.286. The second-order valence-electron chi connectivity index (χ2n) is 9.74. The molecule has 0 bridgehead atoms. The molecule has 3 aromatic carbocycles. The van der Waals surface area contributed by atoms with Gasteiger partial charge in [-0.05, 0) is 76.9 Å². The minimum atomic E-state index is -0.337. The van der Waals surface area contributed by atoms with E-state index in [-0.39, 0.29) is 45.0 Å². The number of phenols is 5. The summed E-state index contributed by atoms with van der Waals surface area (Å²) in [5.41, 5.74) is 4.07. The Balaban J connectivity index is 1.69. The molecule has 3 aliphatic carbocycles. The van der Waals surface area contributed by atoms with E-state index in [0.29, 0.717) is 17.4 Å². The first kappa shape index (κ1) is 20.0. The molecule has 0 unspecified atom stereocenters. The predicted octanol–water partition coefficient (Wildman–Crippen LogP) is 6.16. The summed E-state index contributed by atoms with van der Waals surface area (Å²) in [6.07, 6.45) is 10.9. The molecule has 168 valence electrons. The summed E-state index contributed by atoms with van der Waals surface area (Å²) in [4.78, 5) is 0. The third kappa shape index (κ3) is 2.37. The van der Waals surface area contributed by atoms with E-state index in [0.717, 1.165) is 47.9 Å². The zero-order chi connectivity index (χ0) is 23.1. The molecule has 0 aliphatic heterocycles. The summed E-state index contributed by atoms with van der Waals surface area (Å²) >= 11 is 0. The van der Waals surface area contributed by atoms with E-state index in [1.54, 1.807) is 18.2 Å². The standard InChI is InChI=1S/C28H26O5/c1-2-27-8-4-9-28(27)14-16(11-15-12-21(30)25(32)18(7-10-27)24(15)28)19-13-22(31)26(33)23-17(19)5-3-6-20(23)29/h3,5-7,10-13,29-33H,2,4,8-9,14H2,1H3/t27-,28-/m1/s1. The molecule has 0 radical (unpaired) electrons. The van der Waals surface area contributed by atoms with E-state index in [1.807, 2.05) is 18.2 Å². The Morgan fingerprint density at radius 3 is 2.48 bits per heavy atom. The lowest BCUT2D eigenvalue weighted by Gasteiger charge is -2.51. The van der Waals surface area contributed by atoms with Crippen molar-refractivity contribution >= 4 is 28.5 Å². The maximum absolute atomic E-state index is 10.7. The number of rotatable bonds is 2. The average Bonchev–Trinajstić information content (AvgIpc) is 3.17. The first-order chi connectivity index (χ1) is 15.8. The molecule has 1 saturated carbocycles. The summed E-state index contributed by atoms with van der Waals surface area (Å²) in [5, 5.41) is 53.5. The van der Waals surface area contributed by atoms with Gasteiger partial charge in [0.25, 0.3) is 0 Å². The van der Waals surface area contributed by atoms with Gasteiger partial charge in [-0.25, -0.2) is 0 Å². The summed E-state index contributed by atoms with van der Waals surface area (Å²) in [6.45, 7) is 2.21. The fourth-order valence-electron chi connectivity index (χ4n) is 6.98. The normalized spacial score (nSPS) is 25.1. The Kier molecular flexibility index (Phi) is 3.93. The number of phenolic OH excluding ortho intramolecular Hbond substituents is 5. The molecule has 1 fully saturated rings. The topological polar surface area (TPSA) is 101 Å². The molecule has 0 amide bonds. The zero-order valence-electron chi connectivity index (χ0n) is 18.4. The van der Waals surface area contributed by atoms with E-state index in [4.69, 9.17) is 0 Å². The van der Waals surface area contributed by atoms with Gasteiger partial charge in [-0.3, -0.25) is 0 Å². The van der Waals surface area contributed by atoms with Crippen LogP contribution in [0, 0.1) is 5.41 Å². The number of allylic oxidation sites excluding steroid dienone is 2.